The van der Waals surface area contributed by atoms with Crippen molar-refractivity contribution >= 4 is 34.2 Å². The maximum absolute atomic E-state index is 13.0. The van der Waals surface area contributed by atoms with Gasteiger partial charge in [0.2, 0.25) is 0 Å². The first-order valence-electron chi connectivity index (χ1n) is 7.91. The molecule has 26 heavy (non-hydrogen) atoms. The van der Waals surface area contributed by atoms with Crippen molar-refractivity contribution in [2.24, 2.45) is 0 Å². The summed E-state index contributed by atoms with van der Waals surface area (Å²) in [6.45, 7) is 0.449. The van der Waals surface area contributed by atoms with Gasteiger partial charge < -0.3 is 0 Å². The highest BCUT2D eigenvalue weighted by molar-refractivity contribution is 6.30. The van der Waals surface area contributed by atoms with Gasteiger partial charge in [0.15, 0.2) is 0 Å². The molecule has 0 spiro atoms. The third-order valence-corrected chi connectivity index (χ3v) is 4.60. The molecule has 0 aliphatic carbocycles. The number of allylic oxidation sites excluding steroid dienone is 1. The molecule has 0 saturated carbocycles. The molecule has 1 aromatic heterocycles. The molecule has 7 heteroatoms. The number of benzene rings is 2. The van der Waals surface area contributed by atoms with Gasteiger partial charge in [-0.05, 0) is 54.0 Å². The van der Waals surface area contributed by atoms with Crippen LogP contribution in [0.4, 0.5) is 13.2 Å². The molecule has 0 unspecified atom stereocenters. The van der Waals surface area contributed by atoms with Gasteiger partial charge in [0, 0.05) is 11.6 Å². The molecular formula is C19H12ClF3N2O. The zero-order valence-corrected chi connectivity index (χ0v) is 14.1. The maximum atomic E-state index is 13.0. The van der Waals surface area contributed by atoms with E-state index in [0.717, 1.165) is 23.3 Å². The lowest BCUT2D eigenvalue weighted by molar-refractivity contribution is -0.137. The summed E-state index contributed by atoms with van der Waals surface area (Å²) in [6.07, 6.45) is -2.04. The molecule has 0 atom stereocenters. The largest absolute Gasteiger partial charge is 0.416 e. The normalized spacial score (nSPS) is 15.6. The molecule has 0 radical (unpaired) electrons. The number of aromatic nitrogens is 2. The summed E-state index contributed by atoms with van der Waals surface area (Å²) in [5, 5.41) is 0.766. The lowest BCUT2D eigenvalue weighted by Crippen LogP contribution is -2.21. The van der Waals surface area contributed by atoms with Gasteiger partial charge in [-0.25, -0.2) is 4.98 Å². The summed E-state index contributed by atoms with van der Waals surface area (Å²) in [5.41, 5.74) is 0.548. The maximum Gasteiger partial charge on any atom is 0.416 e. The van der Waals surface area contributed by atoms with Crippen LogP contribution in [0.15, 0.2) is 47.3 Å². The first-order chi connectivity index (χ1) is 12.3. The van der Waals surface area contributed by atoms with Crippen LogP contribution in [-0.2, 0) is 12.7 Å². The predicted octanol–water partition coefficient (Wildman–Crippen LogP) is 5.01. The number of hydrogen-bond acceptors (Lipinski definition) is 2. The monoisotopic (exact) mass is 376 g/mol. The quantitative estimate of drug-likeness (QED) is 0.598. The van der Waals surface area contributed by atoms with E-state index in [1.54, 1.807) is 18.2 Å². The van der Waals surface area contributed by atoms with Crippen molar-refractivity contribution in [2.45, 2.75) is 19.1 Å². The number of nitrogens with zero attached hydrogens (tertiary/aromatic N) is 2. The van der Waals surface area contributed by atoms with Crippen LogP contribution in [0.3, 0.4) is 0 Å². The van der Waals surface area contributed by atoms with Gasteiger partial charge in [-0.2, -0.15) is 13.2 Å². The molecule has 4 rings (SSSR count). The Hall–Kier alpha value is -2.60. The second-order valence-electron chi connectivity index (χ2n) is 6.10. The summed E-state index contributed by atoms with van der Waals surface area (Å²) in [6, 6.07) is 10.2. The fraction of sp³-hybridized carbons (Fsp3) is 0.158. The highest BCUT2D eigenvalue weighted by Crippen LogP contribution is 2.32. The van der Waals surface area contributed by atoms with Crippen LogP contribution in [0.25, 0.3) is 22.6 Å². The van der Waals surface area contributed by atoms with E-state index in [1.165, 1.54) is 10.6 Å². The van der Waals surface area contributed by atoms with Crippen molar-refractivity contribution in [1.29, 1.82) is 0 Å². The zero-order chi connectivity index (χ0) is 18.5. The van der Waals surface area contributed by atoms with E-state index in [9.17, 15) is 18.0 Å². The molecule has 132 valence electrons. The van der Waals surface area contributed by atoms with Crippen LogP contribution in [0.2, 0.25) is 5.02 Å². The van der Waals surface area contributed by atoms with Crippen molar-refractivity contribution < 1.29 is 13.2 Å². The highest BCUT2D eigenvalue weighted by atomic mass is 35.5. The number of rotatable bonds is 1. The van der Waals surface area contributed by atoms with E-state index in [1.807, 2.05) is 12.1 Å². The lowest BCUT2D eigenvalue weighted by atomic mass is 10.1. The molecule has 1 aliphatic rings. The standard InChI is InChI=1S/C19H12ClF3N2O/c20-14-3-1-2-11(9-14)8-12-6-7-25-17(12)24-16-10-13(19(21,22)23)4-5-15(16)18(25)26/h1-5,8-10H,6-7H2/b12-8+. The Bertz CT molecular complexity index is 1120. The molecule has 0 saturated heterocycles. The third-order valence-electron chi connectivity index (χ3n) is 4.36. The van der Waals surface area contributed by atoms with E-state index < -0.39 is 11.7 Å². The van der Waals surface area contributed by atoms with E-state index in [2.05, 4.69) is 4.98 Å². The van der Waals surface area contributed by atoms with Gasteiger partial charge in [0.25, 0.3) is 5.56 Å². The molecule has 0 bridgehead atoms. The summed E-state index contributed by atoms with van der Waals surface area (Å²) in [4.78, 5) is 17.0. The Morgan fingerprint density at radius 2 is 1.96 bits per heavy atom. The minimum absolute atomic E-state index is 0.0509. The minimum Gasteiger partial charge on any atom is -0.292 e. The van der Waals surface area contributed by atoms with Gasteiger partial charge in [-0.1, -0.05) is 23.7 Å². The number of alkyl halides is 3. The molecule has 3 aromatic rings. The topological polar surface area (TPSA) is 34.9 Å². The predicted molar refractivity (Wildman–Crippen MR) is 94.9 cm³/mol. The van der Waals surface area contributed by atoms with Crippen LogP contribution in [0.1, 0.15) is 23.4 Å². The van der Waals surface area contributed by atoms with Crippen molar-refractivity contribution in [3.05, 3.63) is 74.8 Å². The number of hydrogen-bond donors (Lipinski definition) is 0. The minimum atomic E-state index is -4.48. The first kappa shape index (κ1) is 16.8. The van der Waals surface area contributed by atoms with Crippen LogP contribution in [0.5, 0.6) is 0 Å². The Labute approximate surface area is 151 Å². The Balaban J connectivity index is 1.89. The Morgan fingerprint density at radius 3 is 2.69 bits per heavy atom. The van der Waals surface area contributed by atoms with Gasteiger partial charge in [0.1, 0.15) is 5.82 Å². The summed E-state index contributed by atoms with van der Waals surface area (Å²) < 4.78 is 40.4. The average molecular weight is 377 g/mol. The van der Waals surface area contributed by atoms with Crippen LogP contribution in [-0.4, -0.2) is 9.55 Å². The zero-order valence-electron chi connectivity index (χ0n) is 13.3. The van der Waals surface area contributed by atoms with Gasteiger partial charge in [0.05, 0.1) is 16.5 Å². The summed E-state index contributed by atoms with van der Waals surface area (Å²) in [7, 11) is 0. The lowest BCUT2D eigenvalue weighted by Gasteiger charge is -2.09. The van der Waals surface area contributed by atoms with Crippen LogP contribution in [0, 0.1) is 0 Å². The Morgan fingerprint density at radius 1 is 1.15 bits per heavy atom. The van der Waals surface area contributed by atoms with Gasteiger partial charge in [-0.3, -0.25) is 9.36 Å². The van der Waals surface area contributed by atoms with Crippen molar-refractivity contribution in [1.82, 2.24) is 9.55 Å². The van der Waals surface area contributed by atoms with Crippen LogP contribution < -0.4 is 5.56 Å². The molecule has 0 amide bonds. The van der Waals surface area contributed by atoms with Crippen LogP contribution >= 0.6 is 11.6 Å². The van der Waals surface area contributed by atoms with Crippen molar-refractivity contribution in [3.63, 3.8) is 0 Å². The van der Waals surface area contributed by atoms with Gasteiger partial charge in [-0.15, -0.1) is 0 Å². The smallest absolute Gasteiger partial charge is 0.292 e. The highest BCUT2D eigenvalue weighted by Gasteiger charge is 2.31. The van der Waals surface area contributed by atoms with Crippen molar-refractivity contribution in [3.8, 4) is 0 Å². The molecule has 0 N–H and O–H groups in total. The summed E-state index contributed by atoms with van der Waals surface area (Å²) >= 11 is 5.99. The Kier molecular flexibility index (Phi) is 3.88. The van der Waals surface area contributed by atoms with Crippen molar-refractivity contribution in [2.75, 3.05) is 0 Å². The van der Waals surface area contributed by atoms with E-state index in [0.29, 0.717) is 23.8 Å². The third kappa shape index (κ3) is 2.90. The van der Waals surface area contributed by atoms with E-state index in [4.69, 9.17) is 11.6 Å². The SMILES string of the molecule is O=c1c2ccc(C(F)(F)F)cc2nc2n1CC/C2=C\c1cccc(Cl)c1. The molecule has 2 aromatic carbocycles. The fourth-order valence-electron chi connectivity index (χ4n) is 3.13. The molecule has 0 fully saturated rings. The summed E-state index contributed by atoms with van der Waals surface area (Å²) in [5.74, 6) is 0.404. The second kappa shape index (κ2) is 5.99. The molecule has 2 heterocycles. The molecule has 3 nitrogen and oxygen atoms in total. The number of halogens is 4. The average Bonchev–Trinajstić information content (AvgIpc) is 2.97. The van der Waals surface area contributed by atoms with E-state index >= 15 is 0 Å². The molecule has 1 aliphatic heterocycles. The van der Waals surface area contributed by atoms with E-state index in [-0.39, 0.29) is 16.5 Å². The number of fused-ring (bicyclic) bond motifs is 2. The molecular weight excluding hydrogens is 365 g/mol. The fourth-order valence-corrected chi connectivity index (χ4v) is 3.33. The van der Waals surface area contributed by atoms with Gasteiger partial charge >= 0.3 is 6.18 Å². The second-order valence-corrected chi connectivity index (χ2v) is 6.53. The first-order valence-corrected chi connectivity index (χ1v) is 8.29.